The third-order valence-electron chi connectivity index (χ3n) is 5.94. The van der Waals surface area contributed by atoms with E-state index >= 15 is 0 Å². The molecule has 5 nitrogen and oxygen atoms in total. The van der Waals surface area contributed by atoms with Gasteiger partial charge in [0.1, 0.15) is 11.6 Å². The molecule has 0 aliphatic heterocycles. The SMILES string of the molecule is NCCCN(Cc1ccccc1NC(=O)CCC1CCCC1)C(=O)c1cc(F)cc(F)c1. The molecule has 1 saturated carbocycles. The van der Waals surface area contributed by atoms with E-state index in [9.17, 15) is 18.4 Å². The molecular weight excluding hydrogens is 412 g/mol. The summed E-state index contributed by atoms with van der Waals surface area (Å²) in [6.07, 6.45) is 6.79. The van der Waals surface area contributed by atoms with Gasteiger partial charge in [0.2, 0.25) is 5.91 Å². The molecule has 0 spiro atoms. The molecule has 7 heteroatoms. The van der Waals surface area contributed by atoms with E-state index in [1.165, 1.54) is 30.6 Å². The number of anilines is 1. The maximum atomic E-state index is 13.6. The summed E-state index contributed by atoms with van der Waals surface area (Å²) < 4.78 is 27.3. The number of amides is 2. The van der Waals surface area contributed by atoms with Crippen molar-refractivity contribution in [2.45, 2.75) is 51.5 Å². The fourth-order valence-electron chi connectivity index (χ4n) is 4.23. The van der Waals surface area contributed by atoms with Crippen LogP contribution >= 0.6 is 0 Å². The standard InChI is InChI=1S/C25H31F2N3O2/c26-21-14-20(15-22(27)16-21)25(32)30(13-5-12-28)17-19-8-3-4-9-23(19)29-24(31)11-10-18-6-1-2-7-18/h3-4,8-9,14-16,18H,1-2,5-7,10-13,17,28H2,(H,29,31). The highest BCUT2D eigenvalue weighted by Gasteiger charge is 2.20. The van der Waals surface area contributed by atoms with E-state index in [0.29, 0.717) is 37.5 Å². The highest BCUT2D eigenvalue weighted by molar-refractivity contribution is 5.95. The lowest BCUT2D eigenvalue weighted by molar-refractivity contribution is -0.116. The Kier molecular flexibility index (Phi) is 8.73. The van der Waals surface area contributed by atoms with Crippen LogP contribution < -0.4 is 11.1 Å². The minimum absolute atomic E-state index is 0.0450. The number of para-hydroxylation sites is 1. The van der Waals surface area contributed by atoms with Gasteiger partial charge in [-0.2, -0.15) is 0 Å². The molecular formula is C25H31F2N3O2. The van der Waals surface area contributed by atoms with Crippen LogP contribution in [0.15, 0.2) is 42.5 Å². The molecule has 2 aromatic carbocycles. The zero-order valence-corrected chi connectivity index (χ0v) is 18.3. The fraction of sp³-hybridized carbons (Fsp3) is 0.440. The third-order valence-corrected chi connectivity index (χ3v) is 5.94. The molecule has 0 atom stereocenters. The highest BCUT2D eigenvalue weighted by Crippen LogP contribution is 2.29. The van der Waals surface area contributed by atoms with Crippen molar-refractivity contribution in [1.29, 1.82) is 0 Å². The van der Waals surface area contributed by atoms with Crippen LogP contribution in [-0.4, -0.2) is 29.8 Å². The molecule has 0 aromatic heterocycles. The number of nitrogens with two attached hydrogens (primary N) is 1. The second-order valence-electron chi connectivity index (χ2n) is 8.42. The minimum Gasteiger partial charge on any atom is -0.334 e. The lowest BCUT2D eigenvalue weighted by Gasteiger charge is -2.24. The Morgan fingerprint density at radius 3 is 2.44 bits per heavy atom. The first-order valence-electron chi connectivity index (χ1n) is 11.3. The topological polar surface area (TPSA) is 75.4 Å². The van der Waals surface area contributed by atoms with Gasteiger partial charge in [-0.3, -0.25) is 9.59 Å². The number of nitrogens with zero attached hydrogens (tertiary/aromatic N) is 1. The molecule has 2 aromatic rings. The van der Waals surface area contributed by atoms with Gasteiger partial charge in [0, 0.05) is 36.8 Å². The van der Waals surface area contributed by atoms with Crippen LogP contribution in [-0.2, 0) is 11.3 Å². The molecule has 0 saturated heterocycles. The van der Waals surface area contributed by atoms with E-state index in [0.717, 1.165) is 30.2 Å². The average Bonchev–Trinajstić information content (AvgIpc) is 3.29. The number of halogens is 2. The molecule has 0 unspecified atom stereocenters. The molecule has 0 bridgehead atoms. The molecule has 172 valence electrons. The van der Waals surface area contributed by atoms with Crippen molar-refractivity contribution < 1.29 is 18.4 Å². The van der Waals surface area contributed by atoms with E-state index in [2.05, 4.69) is 5.32 Å². The number of hydrogen-bond donors (Lipinski definition) is 2. The molecule has 1 aliphatic rings. The van der Waals surface area contributed by atoms with Crippen LogP contribution in [0, 0.1) is 17.6 Å². The Bertz CT molecular complexity index is 909. The summed E-state index contributed by atoms with van der Waals surface area (Å²) in [6, 6.07) is 10.1. The Labute approximate surface area is 188 Å². The second kappa shape index (κ2) is 11.7. The van der Waals surface area contributed by atoms with E-state index in [-0.39, 0.29) is 18.0 Å². The molecule has 1 fully saturated rings. The van der Waals surface area contributed by atoms with Gasteiger partial charge in [0.05, 0.1) is 0 Å². The van der Waals surface area contributed by atoms with Crippen molar-refractivity contribution in [3.8, 4) is 0 Å². The average molecular weight is 444 g/mol. The Morgan fingerprint density at radius 2 is 1.75 bits per heavy atom. The lowest BCUT2D eigenvalue weighted by Crippen LogP contribution is -2.33. The predicted molar refractivity (Wildman–Crippen MR) is 121 cm³/mol. The van der Waals surface area contributed by atoms with Crippen molar-refractivity contribution in [3.63, 3.8) is 0 Å². The van der Waals surface area contributed by atoms with E-state index in [4.69, 9.17) is 5.73 Å². The van der Waals surface area contributed by atoms with Gasteiger partial charge >= 0.3 is 0 Å². The monoisotopic (exact) mass is 443 g/mol. The summed E-state index contributed by atoms with van der Waals surface area (Å²) in [6.45, 7) is 0.897. The van der Waals surface area contributed by atoms with Crippen LogP contribution in [0.3, 0.4) is 0 Å². The second-order valence-corrected chi connectivity index (χ2v) is 8.42. The van der Waals surface area contributed by atoms with Crippen LogP contribution in [0.25, 0.3) is 0 Å². The van der Waals surface area contributed by atoms with Crippen LogP contribution in [0.1, 0.15) is 60.9 Å². The number of rotatable bonds is 10. The van der Waals surface area contributed by atoms with E-state index in [1.54, 1.807) is 6.07 Å². The Hall–Kier alpha value is -2.80. The molecule has 32 heavy (non-hydrogen) atoms. The smallest absolute Gasteiger partial charge is 0.254 e. The Balaban J connectivity index is 1.71. The summed E-state index contributed by atoms with van der Waals surface area (Å²) >= 11 is 0. The maximum absolute atomic E-state index is 13.6. The molecule has 3 rings (SSSR count). The molecule has 3 N–H and O–H groups in total. The minimum atomic E-state index is -0.804. The molecule has 0 heterocycles. The Morgan fingerprint density at radius 1 is 1.06 bits per heavy atom. The van der Waals surface area contributed by atoms with Crippen LogP contribution in [0.2, 0.25) is 0 Å². The van der Waals surface area contributed by atoms with Crippen molar-refractivity contribution >= 4 is 17.5 Å². The van der Waals surface area contributed by atoms with Gasteiger partial charge in [-0.1, -0.05) is 43.9 Å². The van der Waals surface area contributed by atoms with E-state index in [1.807, 2.05) is 18.2 Å². The largest absolute Gasteiger partial charge is 0.334 e. The summed E-state index contributed by atoms with van der Waals surface area (Å²) in [5, 5.41) is 2.97. The molecule has 1 aliphatic carbocycles. The molecule has 2 amide bonds. The fourth-order valence-corrected chi connectivity index (χ4v) is 4.23. The van der Waals surface area contributed by atoms with Gasteiger partial charge in [-0.25, -0.2) is 8.78 Å². The first-order chi connectivity index (χ1) is 15.5. The zero-order valence-electron chi connectivity index (χ0n) is 18.3. The normalized spacial score (nSPS) is 13.8. The summed E-state index contributed by atoms with van der Waals surface area (Å²) in [5.74, 6) is -1.51. The number of hydrogen-bond acceptors (Lipinski definition) is 3. The van der Waals surface area contributed by atoms with Gasteiger partial charge in [-0.05, 0) is 49.1 Å². The summed E-state index contributed by atoms with van der Waals surface area (Å²) in [4.78, 5) is 27.0. The first kappa shape index (κ1) is 23.9. The number of nitrogens with one attached hydrogen (secondary N) is 1. The third kappa shape index (κ3) is 6.85. The number of carbonyl (C=O) groups is 2. The predicted octanol–water partition coefficient (Wildman–Crippen LogP) is 4.86. The van der Waals surface area contributed by atoms with Crippen molar-refractivity contribution in [1.82, 2.24) is 4.90 Å². The van der Waals surface area contributed by atoms with Gasteiger partial charge in [-0.15, -0.1) is 0 Å². The van der Waals surface area contributed by atoms with Gasteiger partial charge in [0.15, 0.2) is 0 Å². The van der Waals surface area contributed by atoms with Gasteiger partial charge < -0.3 is 16.0 Å². The van der Waals surface area contributed by atoms with Gasteiger partial charge in [0.25, 0.3) is 5.91 Å². The zero-order chi connectivity index (χ0) is 22.9. The highest BCUT2D eigenvalue weighted by atomic mass is 19.1. The summed E-state index contributed by atoms with van der Waals surface area (Å²) in [5.41, 5.74) is 6.96. The maximum Gasteiger partial charge on any atom is 0.254 e. The quantitative estimate of drug-likeness (QED) is 0.550. The number of benzene rings is 2. The van der Waals surface area contributed by atoms with Crippen LogP contribution in [0.4, 0.5) is 14.5 Å². The van der Waals surface area contributed by atoms with Crippen molar-refractivity contribution in [2.24, 2.45) is 11.7 Å². The van der Waals surface area contributed by atoms with Crippen molar-refractivity contribution in [3.05, 3.63) is 65.2 Å². The summed E-state index contributed by atoms with van der Waals surface area (Å²) in [7, 11) is 0. The molecule has 0 radical (unpaired) electrons. The number of carbonyl (C=O) groups excluding carboxylic acids is 2. The van der Waals surface area contributed by atoms with Crippen molar-refractivity contribution in [2.75, 3.05) is 18.4 Å². The van der Waals surface area contributed by atoms with Crippen LogP contribution in [0.5, 0.6) is 0 Å². The van der Waals surface area contributed by atoms with E-state index < -0.39 is 17.5 Å². The lowest BCUT2D eigenvalue weighted by atomic mass is 10.0. The first-order valence-corrected chi connectivity index (χ1v) is 11.3.